The smallest absolute Gasteiger partial charge is 0.287 e. The maximum absolute atomic E-state index is 15.4. The van der Waals surface area contributed by atoms with Crippen molar-refractivity contribution < 1.29 is 48.7 Å². The van der Waals surface area contributed by atoms with E-state index in [1.54, 1.807) is 0 Å². The van der Waals surface area contributed by atoms with Crippen molar-refractivity contribution >= 4 is 33.9 Å². The highest BCUT2D eigenvalue weighted by Crippen LogP contribution is 2.54. The maximum Gasteiger partial charge on any atom is 0.461 e. The van der Waals surface area contributed by atoms with Crippen LogP contribution in [0.5, 0.6) is 0 Å². The van der Waals surface area contributed by atoms with Crippen LogP contribution in [0.3, 0.4) is 0 Å². The zero-order valence-electron chi connectivity index (χ0n) is 20.8. The summed E-state index contributed by atoms with van der Waals surface area (Å²) < 4.78 is 143. The lowest BCUT2D eigenvalue weighted by molar-refractivity contribution is -0.266. The van der Waals surface area contributed by atoms with Gasteiger partial charge in [-0.25, -0.2) is 0 Å². The van der Waals surface area contributed by atoms with Crippen LogP contribution < -0.4 is 15.9 Å². The molecule has 3 aromatic rings. The number of allylic oxidation sites excluding steroid dienone is 2. The summed E-state index contributed by atoms with van der Waals surface area (Å²) in [7, 11) is 0. The van der Waals surface area contributed by atoms with Gasteiger partial charge < -0.3 is 0 Å². The van der Waals surface area contributed by atoms with Gasteiger partial charge in [0.25, 0.3) is 0 Å². The summed E-state index contributed by atoms with van der Waals surface area (Å²) in [5.41, 5.74) is -3.20. The van der Waals surface area contributed by atoms with E-state index in [0.29, 0.717) is 13.8 Å². The van der Waals surface area contributed by atoms with Gasteiger partial charge in [0, 0.05) is 10.9 Å². The predicted molar refractivity (Wildman–Crippen MR) is 136 cm³/mol. The second kappa shape index (κ2) is 10.9. The number of Topliss-reactive ketones (excluding diaryl/α,β-unsaturated/α-hetero) is 1. The molecule has 0 bridgehead atoms. The standard InChI is InChI=1S/C28H21F10OP/c1-18(2)22(25(29,30)27(33,34)35)23(24(39)26(31,32)28(36,37)38)40(19-12-6-3-7-13-19,20-14-8-4-9-15-20)21-16-10-5-11-17-21/h3-17H,1-2H3. The number of alkyl halides is 10. The van der Waals surface area contributed by atoms with Crippen molar-refractivity contribution in [1.82, 2.24) is 0 Å². The molecule has 12 heteroatoms. The van der Waals surface area contributed by atoms with Crippen molar-refractivity contribution in [2.45, 2.75) is 38.0 Å². The topological polar surface area (TPSA) is 17.1 Å². The molecule has 0 radical (unpaired) electrons. The Morgan fingerprint density at radius 1 is 0.525 bits per heavy atom. The van der Waals surface area contributed by atoms with Crippen LogP contribution >= 0.6 is 6.89 Å². The van der Waals surface area contributed by atoms with Gasteiger partial charge in [0.15, 0.2) is 0 Å². The molecule has 1 nitrogen and oxygen atoms in total. The first kappa shape index (κ1) is 31.2. The third kappa shape index (κ3) is 5.23. The first-order valence-electron chi connectivity index (χ1n) is 11.5. The van der Waals surface area contributed by atoms with E-state index in [1.165, 1.54) is 91.0 Å². The predicted octanol–water partition coefficient (Wildman–Crippen LogP) is 7.45. The molecule has 0 atom stereocenters. The van der Waals surface area contributed by atoms with Gasteiger partial charge in [-0.15, -0.1) is 0 Å². The Kier molecular flexibility index (Phi) is 8.52. The summed E-state index contributed by atoms with van der Waals surface area (Å²) in [5.74, 6) is -15.5. The van der Waals surface area contributed by atoms with Gasteiger partial charge >= 0.3 is 24.2 Å². The van der Waals surface area contributed by atoms with Gasteiger partial charge in [0.05, 0.1) is 0 Å². The van der Waals surface area contributed by atoms with Crippen LogP contribution in [-0.2, 0) is 4.79 Å². The number of hydrogen-bond donors (Lipinski definition) is 0. The molecule has 0 aliphatic rings. The van der Waals surface area contributed by atoms with E-state index in [-0.39, 0.29) is 15.9 Å². The lowest BCUT2D eigenvalue weighted by Crippen LogP contribution is -2.53. The van der Waals surface area contributed by atoms with Gasteiger partial charge in [-0.2, -0.15) is 43.9 Å². The minimum atomic E-state index is -6.60. The Morgan fingerprint density at radius 3 is 1.07 bits per heavy atom. The number of ketones is 1. The zero-order chi connectivity index (χ0) is 30.1. The van der Waals surface area contributed by atoms with E-state index < -0.39 is 53.3 Å². The molecule has 3 aromatic carbocycles. The molecule has 0 saturated carbocycles. The lowest BCUT2D eigenvalue weighted by Gasteiger charge is -2.37. The number of hydrogen-bond acceptors (Lipinski definition) is 1. The summed E-state index contributed by atoms with van der Waals surface area (Å²) in [5, 5.41) is -2.51. The van der Waals surface area contributed by atoms with E-state index in [0.717, 1.165) is 0 Å². The second-order valence-electron chi connectivity index (χ2n) is 8.87. The zero-order valence-corrected chi connectivity index (χ0v) is 21.7. The van der Waals surface area contributed by atoms with E-state index in [4.69, 9.17) is 0 Å². The van der Waals surface area contributed by atoms with Crippen LogP contribution in [0.2, 0.25) is 0 Å². The number of carbonyl (C=O) groups is 1. The normalized spacial score (nSPS) is 13.1. The van der Waals surface area contributed by atoms with E-state index >= 15 is 8.78 Å². The first-order valence-corrected chi connectivity index (χ1v) is 13.3. The van der Waals surface area contributed by atoms with Crippen molar-refractivity contribution in [3.8, 4) is 0 Å². The van der Waals surface area contributed by atoms with Crippen LogP contribution in [0.15, 0.2) is 102 Å². The molecule has 0 heterocycles. The summed E-state index contributed by atoms with van der Waals surface area (Å²) >= 11 is 0. The lowest BCUT2D eigenvalue weighted by atomic mass is 9.94. The maximum atomic E-state index is 15.4. The van der Waals surface area contributed by atoms with Crippen LogP contribution in [-0.4, -0.2) is 35.3 Å². The molecule has 0 aromatic heterocycles. The van der Waals surface area contributed by atoms with Gasteiger partial charge in [-0.3, -0.25) is 4.79 Å². The third-order valence-corrected chi connectivity index (χ3v) is 10.3. The Hall–Kier alpha value is -3.33. The van der Waals surface area contributed by atoms with E-state index in [1.807, 2.05) is 0 Å². The molecule has 0 amide bonds. The molecule has 40 heavy (non-hydrogen) atoms. The molecule has 0 saturated heterocycles. The molecular weight excluding hydrogens is 573 g/mol. The molecule has 0 spiro atoms. The Bertz CT molecular complexity index is 1330. The molecule has 0 N–H and O–H groups in total. The minimum absolute atomic E-state index is 0.189. The average Bonchev–Trinajstić information content (AvgIpc) is 2.88. The monoisotopic (exact) mass is 594 g/mol. The minimum Gasteiger partial charge on any atom is -0.287 e. The fourth-order valence-corrected chi connectivity index (χ4v) is 9.01. The fourth-order valence-electron chi connectivity index (χ4n) is 4.34. The summed E-state index contributed by atoms with van der Waals surface area (Å²) in [4.78, 5) is 13.5. The van der Waals surface area contributed by atoms with Gasteiger partial charge in [0.1, 0.15) is 0 Å². The van der Waals surface area contributed by atoms with Crippen LogP contribution in [0, 0.1) is 0 Å². The molecule has 3 rings (SSSR count). The van der Waals surface area contributed by atoms with Crippen molar-refractivity contribution in [3.63, 3.8) is 0 Å². The summed E-state index contributed by atoms with van der Waals surface area (Å²) in [6.45, 7) is -3.22. The van der Waals surface area contributed by atoms with Crippen LogP contribution in [0.25, 0.3) is 0 Å². The number of carbonyl (C=O) groups excluding carboxylic acids is 1. The highest BCUT2D eigenvalue weighted by atomic mass is 31.2. The number of rotatable bonds is 7. The Morgan fingerprint density at radius 2 is 0.825 bits per heavy atom. The van der Waals surface area contributed by atoms with Crippen molar-refractivity contribution in [1.29, 1.82) is 0 Å². The van der Waals surface area contributed by atoms with E-state index in [9.17, 15) is 39.9 Å². The van der Waals surface area contributed by atoms with Crippen LogP contribution in [0.1, 0.15) is 13.8 Å². The molecule has 214 valence electrons. The highest BCUT2D eigenvalue weighted by Gasteiger charge is 2.68. The Labute approximate surface area is 223 Å². The average molecular weight is 594 g/mol. The van der Waals surface area contributed by atoms with Gasteiger partial charge in [0.2, 0.25) is 5.78 Å². The molecule has 0 fully saturated rings. The molecule has 0 unspecified atom stereocenters. The number of benzene rings is 3. The van der Waals surface area contributed by atoms with E-state index in [2.05, 4.69) is 0 Å². The SMILES string of the molecule is CC(C)=C(C(C(=O)C(F)(F)C(F)(F)F)=P(c1ccccc1)(c1ccccc1)c1ccccc1)C(F)(F)C(F)(F)F. The second-order valence-corrected chi connectivity index (χ2v) is 12.2. The third-order valence-electron chi connectivity index (χ3n) is 6.03. The fraction of sp³-hybridized carbons (Fsp3) is 0.214. The first-order chi connectivity index (χ1) is 18.4. The van der Waals surface area contributed by atoms with Crippen molar-refractivity contribution in [2.75, 3.05) is 0 Å². The highest BCUT2D eigenvalue weighted by molar-refractivity contribution is 7.96. The van der Waals surface area contributed by atoms with Gasteiger partial charge in [-0.1, -0.05) is 96.6 Å². The van der Waals surface area contributed by atoms with Crippen LogP contribution in [0.4, 0.5) is 43.9 Å². The van der Waals surface area contributed by atoms with Crippen molar-refractivity contribution in [3.05, 3.63) is 102 Å². The van der Waals surface area contributed by atoms with Crippen molar-refractivity contribution in [2.24, 2.45) is 0 Å². The summed E-state index contributed by atoms with van der Waals surface area (Å²) in [6.07, 6.45) is -13.0. The molecule has 0 aliphatic heterocycles. The molecular formula is C28H21F10OP. The summed E-state index contributed by atoms with van der Waals surface area (Å²) in [6, 6.07) is 19.3. The largest absolute Gasteiger partial charge is 0.461 e. The van der Waals surface area contributed by atoms with Gasteiger partial charge in [-0.05, 0) is 36.6 Å². The Balaban J connectivity index is 2.89. The quantitative estimate of drug-likeness (QED) is 0.205. The number of halogens is 10. The molecule has 0 aliphatic carbocycles.